The average Bonchev–Trinajstić information content (AvgIpc) is 2.53. The molecule has 0 aromatic heterocycles. The second-order valence-electron chi connectivity index (χ2n) is 4.96. The van der Waals surface area contributed by atoms with Gasteiger partial charge in [-0.3, -0.25) is 20.2 Å². The van der Waals surface area contributed by atoms with Crippen LogP contribution in [0.5, 0.6) is 0 Å². The van der Waals surface area contributed by atoms with Gasteiger partial charge in [0.1, 0.15) is 0 Å². The molecule has 1 aromatic carbocycles. The van der Waals surface area contributed by atoms with Gasteiger partial charge in [0.15, 0.2) is 5.11 Å². The minimum absolute atomic E-state index is 0.0163. The number of nitrogens with zero attached hydrogens (tertiary/aromatic N) is 2. The third kappa shape index (κ3) is 6.56. The highest BCUT2D eigenvalue weighted by Gasteiger charge is 2.09. The van der Waals surface area contributed by atoms with E-state index >= 15 is 0 Å². The molecule has 0 heterocycles. The smallest absolute Gasteiger partial charge is 0.269 e. The molecule has 7 heteroatoms. The maximum absolute atomic E-state index is 11.9. The predicted octanol–water partition coefficient (Wildman–Crippen LogP) is 3.13. The molecule has 6 nitrogen and oxygen atoms in total. The molecule has 0 saturated carbocycles. The molecule has 0 fully saturated rings. The zero-order chi connectivity index (χ0) is 17.2. The number of carbonyl (C=O) groups is 1. The third-order valence-corrected chi connectivity index (χ3v) is 3.40. The van der Waals surface area contributed by atoms with E-state index in [4.69, 9.17) is 12.2 Å². The molecule has 0 aliphatic carbocycles. The molecule has 0 bridgehead atoms. The lowest BCUT2D eigenvalue weighted by atomic mass is 10.2. The van der Waals surface area contributed by atoms with Crippen molar-refractivity contribution in [2.75, 3.05) is 13.1 Å². The van der Waals surface area contributed by atoms with E-state index in [0.717, 1.165) is 25.9 Å². The minimum atomic E-state index is -0.464. The Kier molecular flexibility index (Phi) is 7.90. The standard InChI is InChI=1S/C16H21N3O3S/c1-3-11-18(12-4-2)16(23)17-15(20)10-7-13-5-8-14(9-6-13)19(21)22/h5-10H,3-4,11-12H2,1-2H3,(H,17,20,23)/b10-7+. The monoisotopic (exact) mass is 335 g/mol. The summed E-state index contributed by atoms with van der Waals surface area (Å²) in [6.07, 6.45) is 4.86. The number of hydrogen-bond donors (Lipinski definition) is 1. The summed E-state index contributed by atoms with van der Waals surface area (Å²) in [6, 6.07) is 5.96. The first-order valence-electron chi connectivity index (χ1n) is 7.50. The van der Waals surface area contributed by atoms with Crippen LogP contribution in [0.3, 0.4) is 0 Å². The van der Waals surface area contributed by atoms with Crippen LogP contribution in [-0.2, 0) is 4.79 Å². The van der Waals surface area contributed by atoms with Crippen LogP contribution in [0.15, 0.2) is 30.3 Å². The van der Waals surface area contributed by atoms with Crippen molar-refractivity contribution in [3.05, 3.63) is 46.0 Å². The summed E-state index contributed by atoms with van der Waals surface area (Å²) in [5.41, 5.74) is 0.721. The number of carbonyl (C=O) groups excluding carboxylic acids is 1. The van der Waals surface area contributed by atoms with Crippen molar-refractivity contribution < 1.29 is 9.72 Å². The molecule has 0 saturated heterocycles. The molecular formula is C16H21N3O3S. The number of non-ortho nitro benzene ring substituents is 1. The van der Waals surface area contributed by atoms with E-state index in [-0.39, 0.29) is 11.6 Å². The van der Waals surface area contributed by atoms with Gasteiger partial charge in [-0.05, 0) is 48.8 Å². The van der Waals surface area contributed by atoms with Crippen molar-refractivity contribution in [1.82, 2.24) is 10.2 Å². The zero-order valence-electron chi connectivity index (χ0n) is 13.3. The van der Waals surface area contributed by atoms with Gasteiger partial charge in [0.25, 0.3) is 5.69 Å². The van der Waals surface area contributed by atoms with Gasteiger partial charge in [0.2, 0.25) is 5.91 Å². The lowest BCUT2D eigenvalue weighted by Crippen LogP contribution is -2.42. The maximum atomic E-state index is 11.9. The van der Waals surface area contributed by atoms with Crippen molar-refractivity contribution in [2.45, 2.75) is 26.7 Å². The number of amides is 1. The molecular weight excluding hydrogens is 314 g/mol. The number of benzene rings is 1. The number of hydrogen-bond acceptors (Lipinski definition) is 4. The van der Waals surface area contributed by atoms with Gasteiger partial charge in [0.05, 0.1) is 4.92 Å². The Morgan fingerprint density at radius 2 is 1.83 bits per heavy atom. The first kappa shape index (κ1) is 18.8. The van der Waals surface area contributed by atoms with Crippen LogP contribution < -0.4 is 5.32 Å². The summed E-state index contributed by atoms with van der Waals surface area (Å²) in [6.45, 7) is 5.72. The normalized spacial score (nSPS) is 10.5. The van der Waals surface area contributed by atoms with Gasteiger partial charge in [-0.15, -0.1) is 0 Å². The largest absolute Gasteiger partial charge is 0.349 e. The molecule has 1 N–H and O–H groups in total. The fourth-order valence-electron chi connectivity index (χ4n) is 1.96. The van der Waals surface area contributed by atoms with E-state index in [1.807, 2.05) is 4.90 Å². The van der Waals surface area contributed by atoms with Crippen LogP contribution in [0.25, 0.3) is 6.08 Å². The van der Waals surface area contributed by atoms with Gasteiger partial charge in [-0.1, -0.05) is 13.8 Å². The summed E-state index contributed by atoms with van der Waals surface area (Å²) < 4.78 is 0. The van der Waals surface area contributed by atoms with E-state index in [2.05, 4.69) is 19.2 Å². The fourth-order valence-corrected chi connectivity index (χ4v) is 2.24. The molecule has 23 heavy (non-hydrogen) atoms. The van der Waals surface area contributed by atoms with Crippen LogP contribution in [-0.4, -0.2) is 33.9 Å². The summed E-state index contributed by atoms with van der Waals surface area (Å²) in [5.74, 6) is -0.314. The summed E-state index contributed by atoms with van der Waals surface area (Å²) in [7, 11) is 0. The van der Waals surface area contributed by atoms with Crippen molar-refractivity contribution in [3.63, 3.8) is 0 Å². The summed E-state index contributed by atoms with van der Waals surface area (Å²) in [5, 5.41) is 13.7. The van der Waals surface area contributed by atoms with Gasteiger partial charge in [0, 0.05) is 31.3 Å². The second-order valence-corrected chi connectivity index (χ2v) is 5.35. The Hall–Kier alpha value is -2.28. The highest BCUT2D eigenvalue weighted by molar-refractivity contribution is 7.80. The van der Waals surface area contributed by atoms with Gasteiger partial charge >= 0.3 is 0 Å². The first-order valence-corrected chi connectivity index (χ1v) is 7.91. The Bertz CT molecular complexity index is 579. The average molecular weight is 335 g/mol. The van der Waals surface area contributed by atoms with Crippen molar-refractivity contribution in [3.8, 4) is 0 Å². The number of nitro groups is 1. The Labute approximate surface area is 141 Å². The van der Waals surface area contributed by atoms with Gasteiger partial charge in [-0.2, -0.15) is 0 Å². The second kappa shape index (κ2) is 9.68. The molecule has 0 aliphatic rings. The topological polar surface area (TPSA) is 75.5 Å². The Morgan fingerprint density at radius 1 is 1.26 bits per heavy atom. The lowest BCUT2D eigenvalue weighted by molar-refractivity contribution is -0.384. The Morgan fingerprint density at radius 3 is 2.30 bits per heavy atom. The number of thiocarbonyl (C=S) groups is 1. The molecule has 0 atom stereocenters. The molecule has 1 rings (SSSR count). The van der Waals surface area contributed by atoms with Crippen LogP contribution in [0.2, 0.25) is 0 Å². The summed E-state index contributed by atoms with van der Waals surface area (Å²) >= 11 is 5.24. The minimum Gasteiger partial charge on any atom is -0.349 e. The van der Waals surface area contributed by atoms with E-state index in [9.17, 15) is 14.9 Å². The van der Waals surface area contributed by atoms with Crippen LogP contribution in [0, 0.1) is 10.1 Å². The maximum Gasteiger partial charge on any atom is 0.269 e. The quantitative estimate of drug-likeness (QED) is 0.358. The predicted molar refractivity (Wildman–Crippen MR) is 95.0 cm³/mol. The van der Waals surface area contributed by atoms with Gasteiger partial charge in [-0.25, -0.2) is 0 Å². The van der Waals surface area contributed by atoms with Crippen LogP contribution in [0.4, 0.5) is 5.69 Å². The summed E-state index contributed by atoms with van der Waals surface area (Å²) in [4.78, 5) is 24.0. The van der Waals surface area contributed by atoms with E-state index in [0.29, 0.717) is 10.7 Å². The van der Waals surface area contributed by atoms with Crippen molar-refractivity contribution in [1.29, 1.82) is 0 Å². The molecule has 124 valence electrons. The number of nitrogens with one attached hydrogen (secondary N) is 1. The van der Waals surface area contributed by atoms with E-state index < -0.39 is 4.92 Å². The lowest BCUT2D eigenvalue weighted by Gasteiger charge is -2.23. The van der Waals surface area contributed by atoms with Crippen LogP contribution in [0.1, 0.15) is 32.3 Å². The zero-order valence-corrected chi connectivity index (χ0v) is 14.1. The van der Waals surface area contributed by atoms with Crippen molar-refractivity contribution >= 4 is 35.0 Å². The first-order chi connectivity index (χ1) is 11.0. The Balaban J connectivity index is 2.60. The van der Waals surface area contributed by atoms with Crippen molar-refractivity contribution in [2.24, 2.45) is 0 Å². The highest BCUT2D eigenvalue weighted by Crippen LogP contribution is 2.12. The molecule has 0 spiro atoms. The van der Waals surface area contributed by atoms with E-state index in [1.54, 1.807) is 18.2 Å². The SMILES string of the molecule is CCCN(CCC)C(=S)NC(=O)/C=C/c1ccc([N+](=O)[O-])cc1. The molecule has 0 radical (unpaired) electrons. The number of rotatable bonds is 7. The molecule has 0 aliphatic heterocycles. The molecule has 1 amide bonds. The fraction of sp³-hybridized carbons (Fsp3) is 0.375. The highest BCUT2D eigenvalue weighted by atomic mass is 32.1. The third-order valence-electron chi connectivity index (χ3n) is 3.04. The number of nitro benzene ring substituents is 1. The molecule has 1 aromatic rings. The molecule has 0 unspecified atom stereocenters. The van der Waals surface area contributed by atoms with Gasteiger partial charge < -0.3 is 4.90 Å². The van der Waals surface area contributed by atoms with Crippen LogP contribution >= 0.6 is 12.2 Å². The van der Waals surface area contributed by atoms with E-state index in [1.165, 1.54) is 18.2 Å².